The summed E-state index contributed by atoms with van der Waals surface area (Å²) in [6.45, 7) is 7.60. The highest BCUT2D eigenvalue weighted by atomic mass is 16.3. The molecule has 1 aromatic heterocycles. The third kappa shape index (κ3) is 4.96. The Labute approximate surface area is 137 Å². The molecular formula is C17H26N4O2. The zero-order valence-electron chi connectivity index (χ0n) is 14.1. The van der Waals surface area contributed by atoms with Crippen LogP contribution in [0.3, 0.4) is 0 Å². The van der Waals surface area contributed by atoms with Gasteiger partial charge in [0.15, 0.2) is 0 Å². The average molecular weight is 318 g/mol. The van der Waals surface area contributed by atoms with Crippen LogP contribution in [0.15, 0.2) is 30.6 Å². The number of imidazole rings is 1. The fourth-order valence-electron chi connectivity index (χ4n) is 2.54. The lowest BCUT2D eigenvalue weighted by Crippen LogP contribution is -2.47. The van der Waals surface area contributed by atoms with Crippen molar-refractivity contribution < 1.29 is 9.90 Å². The quantitative estimate of drug-likeness (QED) is 0.769. The number of para-hydroxylation sites is 2. The lowest BCUT2D eigenvalue weighted by atomic mass is 10.1. The molecule has 2 rings (SSSR count). The topological polar surface area (TPSA) is 70.4 Å². The molecule has 0 atom stereocenters. The largest absolute Gasteiger partial charge is 0.389 e. The maximum Gasteiger partial charge on any atom is 0.317 e. The van der Waals surface area contributed by atoms with Crippen LogP contribution in [0.4, 0.5) is 4.79 Å². The van der Waals surface area contributed by atoms with Crippen molar-refractivity contribution in [1.29, 1.82) is 0 Å². The maximum absolute atomic E-state index is 12.1. The Balaban J connectivity index is 1.79. The van der Waals surface area contributed by atoms with Gasteiger partial charge in [-0.2, -0.15) is 0 Å². The van der Waals surface area contributed by atoms with Gasteiger partial charge in [-0.25, -0.2) is 9.78 Å². The number of aliphatic hydroxyl groups is 1. The van der Waals surface area contributed by atoms with Crippen LogP contribution in [0, 0.1) is 0 Å². The summed E-state index contributed by atoms with van der Waals surface area (Å²) in [6.07, 6.45) is 2.66. The number of hydrogen-bond donors (Lipinski definition) is 2. The molecule has 6 heteroatoms. The van der Waals surface area contributed by atoms with Crippen LogP contribution in [0.2, 0.25) is 0 Å². The second-order valence-corrected chi connectivity index (χ2v) is 6.34. The first kappa shape index (κ1) is 17.3. The summed E-state index contributed by atoms with van der Waals surface area (Å²) in [7, 11) is 0. The average Bonchev–Trinajstić information content (AvgIpc) is 2.91. The Morgan fingerprint density at radius 2 is 2.13 bits per heavy atom. The molecular weight excluding hydrogens is 292 g/mol. The highest BCUT2D eigenvalue weighted by molar-refractivity contribution is 5.75. The van der Waals surface area contributed by atoms with E-state index in [1.807, 2.05) is 37.5 Å². The number of urea groups is 1. The number of rotatable bonds is 7. The normalized spacial score (nSPS) is 11.7. The van der Waals surface area contributed by atoms with Crippen LogP contribution in [-0.4, -0.2) is 50.8 Å². The van der Waals surface area contributed by atoms with Crippen molar-refractivity contribution >= 4 is 17.1 Å². The molecule has 0 aliphatic heterocycles. The van der Waals surface area contributed by atoms with Crippen molar-refractivity contribution in [2.24, 2.45) is 0 Å². The zero-order chi connectivity index (χ0) is 16.9. The van der Waals surface area contributed by atoms with Crippen LogP contribution in [0.1, 0.15) is 27.2 Å². The molecule has 0 unspecified atom stereocenters. The van der Waals surface area contributed by atoms with Crippen molar-refractivity contribution in [3.8, 4) is 0 Å². The summed E-state index contributed by atoms with van der Waals surface area (Å²) in [5.41, 5.74) is 1.21. The number of nitrogens with zero attached hydrogens (tertiary/aromatic N) is 3. The smallest absolute Gasteiger partial charge is 0.317 e. The van der Waals surface area contributed by atoms with E-state index in [0.717, 1.165) is 24.0 Å². The van der Waals surface area contributed by atoms with Gasteiger partial charge < -0.3 is 19.9 Å². The minimum Gasteiger partial charge on any atom is -0.389 e. The SMILES string of the molecule is CCN(CC(C)(C)O)C(=O)NCCCn1cnc2ccccc21. The van der Waals surface area contributed by atoms with Gasteiger partial charge in [0.05, 0.1) is 29.5 Å². The second kappa shape index (κ2) is 7.46. The molecule has 0 radical (unpaired) electrons. The van der Waals surface area contributed by atoms with Crippen LogP contribution in [-0.2, 0) is 6.54 Å². The van der Waals surface area contributed by atoms with Gasteiger partial charge in [0.2, 0.25) is 0 Å². The fraction of sp³-hybridized carbons (Fsp3) is 0.529. The van der Waals surface area contributed by atoms with Crippen LogP contribution >= 0.6 is 0 Å². The van der Waals surface area contributed by atoms with Crippen molar-refractivity contribution in [2.75, 3.05) is 19.6 Å². The zero-order valence-corrected chi connectivity index (χ0v) is 14.1. The molecule has 1 heterocycles. The third-order valence-corrected chi connectivity index (χ3v) is 3.63. The minimum absolute atomic E-state index is 0.134. The number of aryl methyl sites for hydroxylation is 1. The molecule has 6 nitrogen and oxygen atoms in total. The van der Waals surface area contributed by atoms with Crippen molar-refractivity contribution in [3.63, 3.8) is 0 Å². The Morgan fingerprint density at radius 1 is 1.39 bits per heavy atom. The van der Waals surface area contributed by atoms with E-state index in [0.29, 0.717) is 19.6 Å². The van der Waals surface area contributed by atoms with Gasteiger partial charge in [0.1, 0.15) is 0 Å². The van der Waals surface area contributed by atoms with Crippen molar-refractivity contribution in [2.45, 2.75) is 39.3 Å². The number of benzene rings is 1. The summed E-state index contributed by atoms with van der Waals surface area (Å²) in [5.74, 6) is 0. The van der Waals surface area contributed by atoms with E-state index in [4.69, 9.17) is 0 Å². The van der Waals surface area contributed by atoms with E-state index in [1.165, 1.54) is 0 Å². The molecule has 1 aromatic carbocycles. The predicted octanol–water partition coefficient (Wildman–Crippen LogP) is 2.23. The highest BCUT2D eigenvalue weighted by Gasteiger charge is 2.20. The molecule has 2 N–H and O–H groups in total. The van der Waals surface area contributed by atoms with Gasteiger partial charge in [-0.1, -0.05) is 12.1 Å². The van der Waals surface area contributed by atoms with E-state index < -0.39 is 5.60 Å². The molecule has 0 saturated heterocycles. The van der Waals surface area contributed by atoms with Gasteiger partial charge in [-0.3, -0.25) is 0 Å². The van der Waals surface area contributed by atoms with Crippen molar-refractivity contribution in [1.82, 2.24) is 19.8 Å². The van der Waals surface area contributed by atoms with Crippen LogP contribution in [0.5, 0.6) is 0 Å². The molecule has 0 saturated carbocycles. The standard InChI is InChI=1S/C17H26N4O2/c1-4-20(12-17(2,3)23)16(22)18-10-7-11-21-13-19-14-8-5-6-9-15(14)21/h5-6,8-9,13,23H,4,7,10-12H2,1-3H3,(H,18,22). The molecule has 126 valence electrons. The molecule has 2 aromatic rings. The molecule has 23 heavy (non-hydrogen) atoms. The van der Waals surface area contributed by atoms with Gasteiger partial charge in [-0.15, -0.1) is 0 Å². The first-order valence-corrected chi connectivity index (χ1v) is 8.06. The van der Waals surface area contributed by atoms with Crippen LogP contribution < -0.4 is 5.32 Å². The van der Waals surface area contributed by atoms with E-state index in [1.54, 1.807) is 18.7 Å². The Bertz CT molecular complexity index is 645. The summed E-state index contributed by atoms with van der Waals surface area (Å²) < 4.78 is 2.09. The fourth-order valence-corrected chi connectivity index (χ4v) is 2.54. The van der Waals surface area contributed by atoms with Gasteiger partial charge in [0, 0.05) is 19.6 Å². The minimum atomic E-state index is -0.886. The number of fused-ring (bicyclic) bond motifs is 1. The lowest BCUT2D eigenvalue weighted by Gasteiger charge is -2.28. The second-order valence-electron chi connectivity index (χ2n) is 6.34. The highest BCUT2D eigenvalue weighted by Crippen LogP contribution is 2.12. The summed E-state index contributed by atoms with van der Waals surface area (Å²) in [5, 5.41) is 12.7. The predicted molar refractivity (Wildman–Crippen MR) is 91.3 cm³/mol. The third-order valence-electron chi connectivity index (χ3n) is 3.63. The van der Waals surface area contributed by atoms with E-state index in [9.17, 15) is 9.90 Å². The molecule has 0 bridgehead atoms. The molecule has 0 spiro atoms. The Morgan fingerprint density at radius 3 is 2.83 bits per heavy atom. The van der Waals surface area contributed by atoms with E-state index >= 15 is 0 Å². The summed E-state index contributed by atoms with van der Waals surface area (Å²) >= 11 is 0. The van der Waals surface area contributed by atoms with E-state index in [2.05, 4.69) is 14.9 Å². The number of amides is 2. The molecule has 0 aliphatic carbocycles. The monoisotopic (exact) mass is 318 g/mol. The number of carbonyl (C=O) groups is 1. The lowest BCUT2D eigenvalue weighted by molar-refractivity contribution is 0.0480. The molecule has 2 amide bonds. The Kier molecular flexibility index (Phi) is 5.60. The first-order valence-electron chi connectivity index (χ1n) is 8.06. The number of likely N-dealkylation sites (N-methyl/N-ethyl adjacent to an activating group) is 1. The number of hydrogen-bond acceptors (Lipinski definition) is 3. The molecule has 0 fully saturated rings. The molecule has 0 aliphatic rings. The van der Waals surface area contributed by atoms with E-state index in [-0.39, 0.29) is 6.03 Å². The van der Waals surface area contributed by atoms with Crippen molar-refractivity contribution in [3.05, 3.63) is 30.6 Å². The Hall–Kier alpha value is -2.08. The van der Waals surface area contributed by atoms with Gasteiger partial charge in [-0.05, 0) is 39.3 Å². The summed E-state index contributed by atoms with van der Waals surface area (Å²) in [4.78, 5) is 18.1. The maximum atomic E-state index is 12.1. The van der Waals surface area contributed by atoms with Crippen LogP contribution in [0.25, 0.3) is 11.0 Å². The van der Waals surface area contributed by atoms with Gasteiger partial charge >= 0.3 is 6.03 Å². The number of nitrogens with one attached hydrogen (secondary N) is 1. The number of aromatic nitrogens is 2. The first-order chi connectivity index (χ1) is 10.9. The van der Waals surface area contributed by atoms with Gasteiger partial charge in [0.25, 0.3) is 0 Å². The number of carbonyl (C=O) groups excluding carboxylic acids is 1. The summed E-state index contributed by atoms with van der Waals surface area (Å²) in [6, 6.07) is 7.87.